The maximum atomic E-state index is 13.2. The molecule has 0 radical (unpaired) electrons. The second-order valence-electron chi connectivity index (χ2n) is 3.20. The Balaban J connectivity index is 2.62. The van der Waals surface area contributed by atoms with Gasteiger partial charge in [0.2, 0.25) is 11.8 Å². The average molecular weight is 225 g/mol. The molecule has 16 heavy (non-hydrogen) atoms. The molecular formula is C11H16FN3O. The van der Waals surface area contributed by atoms with Crippen molar-refractivity contribution in [2.24, 2.45) is 0 Å². The van der Waals surface area contributed by atoms with E-state index in [0.717, 1.165) is 19.2 Å². The molecule has 4 nitrogen and oxygen atoms in total. The van der Waals surface area contributed by atoms with E-state index in [9.17, 15) is 4.39 Å². The summed E-state index contributed by atoms with van der Waals surface area (Å²) in [5.74, 6) is -0.182. The van der Waals surface area contributed by atoms with Gasteiger partial charge in [0.05, 0.1) is 12.8 Å². The van der Waals surface area contributed by atoms with Crippen LogP contribution in [0.4, 0.5) is 10.3 Å². The molecule has 0 bridgehead atoms. The maximum Gasteiger partial charge on any atom is 0.255 e. The van der Waals surface area contributed by atoms with Crippen molar-refractivity contribution < 1.29 is 9.13 Å². The summed E-state index contributed by atoms with van der Waals surface area (Å²) in [6.45, 7) is 6.69. The first kappa shape index (κ1) is 12.4. The minimum Gasteiger partial charge on any atom is -0.475 e. The van der Waals surface area contributed by atoms with Gasteiger partial charge in [-0.1, -0.05) is 13.0 Å². The van der Waals surface area contributed by atoms with E-state index in [1.165, 1.54) is 0 Å². The van der Waals surface area contributed by atoms with E-state index < -0.39 is 5.82 Å². The summed E-state index contributed by atoms with van der Waals surface area (Å²) >= 11 is 0. The highest BCUT2D eigenvalue weighted by Gasteiger charge is 2.07. The number of nitrogens with one attached hydrogen (secondary N) is 1. The van der Waals surface area contributed by atoms with Crippen LogP contribution in [-0.4, -0.2) is 23.1 Å². The van der Waals surface area contributed by atoms with Gasteiger partial charge < -0.3 is 10.1 Å². The van der Waals surface area contributed by atoms with E-state index in [-0.39, 0.29) is 5.88 Å². The third kappa shape index (κ3) is 3.84. The number of rotatable bonds is 7. The van der Waals surface area contributed by atoms with Crippen molar-refractivity contribution in [3.63, 3.8) is 0 Å². The Hall–Kier alpha value is -1.65. The summed E-state index contributed by atoms with van der Waals surface area (Å²) in [7, 11) is 0. The van der Waals surface area contributed by atoms with Gasteiger partial charge in [-0.25, -0.2) is 4.98 Å². The molecule has 1 aromatic rings. The van der Waals surface area contributed by atoms with Crippen molar-refractivity contribution in [1.82, 2.24) is 9.97 Å². The second kappa shape index (κ2) is 6.76. The predicted molar refractivity (Wildman–Crippen MR) is 61.1 cm³/mol. The summed E-state index contributed by atoms with van der Waals surface area (Å²) in [6, 6.07) is 0. The van der Waals surface area contributed by atoms with Gasteiger partial charge in [-0.3, -0.25) is 0 Å². The third-order valence-electron chi connectivity index (χ3n) is 1.81. The number of hydrogen-bond donors (Lipinski definition) is 1. The minimum absolute atomic E-state index is 0.0181. The first-order valence-electron chi connectivity index (χ1n) is 5.28. The van der Waals surface area contributed by atoms with Crippen molar-refractivity contribution in [1.29, 1.82) is 0 Å². The highest BCUT2D eigenvalue weighted by molar-refractivity contribution is 5.28. The summed E-state index contributed by atoms with van der Waals surface area (Å²) in [4.78, 5) is 7.74. The summed E-state index contributed by atoms with van der Waals surface area (Å²) < 4.78 is 18.4. The van der Waals surface area contributed by atoms with E-state index in [1.807, 2.05) is 6.92 Å². The molecule has 0 saturated heterocycles. The van der Waals surface area contributed by atoms with Crippen LogP contribution in [-0.2, 0) is 0 Å². The molecule has 0 amide bonds. The molecule has 5 heteroatoms. The van der Waals surface area contributed by atoms with Crippen LogP contribution in [0.25, 0.3) is 0 Å². The molecule has 0 aliphatic rings. The van der Waals surface area contributed by atoms with Crippen LogP contribution in [0.2, 0.25) is 0 Å². The Labute approximate surface area is 94.6 Å². The fourth-order valence-electron chi connectivity index (χ4n) is 1.01. The number of nitrogens with zero attached hydrogens (tertiary/aromatic N) is 2. The van der Waals surface area contributed by atoms with E-state index in [1.54, 1.807) is 6.08 Å². The molecule has 0 aromatic carbocycles. The van der Waals surface area contributed by atoms with Crippen LogP contribution in [0.3, 0.4) is 0 Å². The summed E-state index contributed by atoms with van der Waals surface area (Å²) in [6.07, 6.45) is 4.41. The standard InChI is InChI=1S/C11H16FN3O/c1-3-5-7-16-10-9(12)8-14-11(15-10)13-6-4-2/h3,8H,1,4-7H2,2H3,(H,13,14,15). The Morgan fingerprint density at radius 2 is 2.44 bits per heavy atom. The fraction of sp³-hybridized carbons (Fsp3) is 0.455. The van der Waals surface area contributed by atoms with E-state index >= 15 is 0 Å². The normalized spacial score (nSPS) is 9.88. The van der Waals surface area contributed by atoms with Crippen molar-refractivity contribution >= 4 is 5.95 Å². The lowest BCUT2D eigenvalue weighted by molar-refractivity contribution is 0.294. The van der Waals surface area contributed by atoms with Gasteiger partial charge in [0, 0.05) is 6.54 Å². The van der Waals surface area contributed by atoms with Crippen molar-refractivity contribution in [2.45, 2.75) is 19.8 Å². The zero-order valence-corrected chi connectivity index (χ0v) is 9.37. The quantitative estimate of drug-likeness (QED) is 0.571. The lowest BCUT2D eigenvalue weighted by Crippen LogP contribution is -2.07. The van der Waals surface area contributed by atoms with Gasteiger partial charge in [0.15, 0.2) is 0 Å². The van der Waals surface area contributed by atoms with Gasteiger partial charge in [-0.2, -0.15) is 9.37 Å². The van der Waals surface area contributed by atoms with Crippen molar-refractivity contribution in [3.8, 4) is 5.88 Å². The first-order chi connectivity index (χ1) is 7.77. The molecule has 1 heterocycles. The van der Waals surface area contributed by atoms with Gasteiger partial charge >= 0.3 is 0 Å². The zero-order valence-electron chi connectivity index (χ0n) is 9.37. The molecule has 0 spiro atoms. The number of hydrogen-bond acceptors (Lipinski definition) is 4. The smallest absolute Gasteiger partial charge is 0.255 e. The molecule has 0 atom stereocenters. The lowest BCUT2D eigenvalue weighted by Gasteiger charge is -2.07. The summed E-state index contributed by atoms with van der Waals surface area (Å²) in [5, 5.41) is 2.96. The molecule has 1 aromatic heterocycles. The number of anilines is 1. The van der Waals surface area contributed by atoms with Crippen LogP contribution in [0.1, 0.15) is 19.8 Å². The maximum absolute atomic E-state index is 13.2. The molecule has 0 fully saturated rings. The van der Waals surface area contributed by atoms with Gasteiger partial charge in [0.25, 0.3) is 5.88 Å². The molecule has 1 rings (SSSR count). The van der Waals surface area contributed by atoms with E-state index in [0.29, 0.717) is 19.0 Å². The van der Waals surface area contributed by atoms with Crippen LogP contribution >= 0.6 is 0 Å². The van der Waals surface area contributed by atoms with Crippen LogP contribution < -0.4 is 10.1 Å². The van der Waals surface area contributed by atoms with Crippen LogP contribution in [0.15, 0.2) is 18.9 Å². The van der Waals surface area contributed by atoms with Gasteiger partial charge in [-0.15, -0.1) is 6.58 Å². The number of ether oxygens (including phenoxy) is 1. The molecule has 1 N–H and O–H groups in total. The summed E-state index contributed by atoms with van der Waals surface area (Å²) in [5.41, 5.74) is 0. The highest BCUT2D eigenvalue weighted by atomic mass is 19.1. The SMILES string of the molecule is C=CCCOc1nc(NCCC)ncc1F. The largest absolute Gasteiger partial charge is 0.475 e. The monoisotopic (exact) mass is 225 g/mol. The van der Waals surface area contributed by atoms with Gasteiger partial charge in [0.1, 0.15) is 0 Å². The van der Waals surface area contributed by atoms with Gasteiger partial charge in [-0.05, 0) is 12.8 Å². The van der Waals surface area contributed by atoms with Crippen molar-refractivity contribution in [3.05, 3.63) is 24.7 Å². The predicted octanol–water partition coefficient (Wildman–Crippen LogP) is 2.39. The molecule has 88 valence electrons. The molecule has 0 aliphatic carbocycles. The molecular weight excluding hydrogens is 209 g/mol. The highest BCUT2D eigenvalue weighted by Crippen LogP contribution is 2.14. The minimum atomic E-state index is -0.550. The van der Waals surface area contributed by atoms with E-state index in [4.69, 9.17) is 4.74 Å². The first-order valence-corrected chi connectivity index (χ1v) is 5.28. The lowest BCUT2D eigenvalue weighted by atomic mass is 10.4. The Morgan fingerprint density at radius 3 is 3.12 bits per heavy atom. The van der Waals surface area contributed by atoms with Crippen molar-refractivity contribution in [2.75, 3.05) is 18.5 Å². The Morgan fingerprint density at radius 1 is 1.62 bits per heavy atom. The topological polar surface area (TPSA) is 47.0 Å². The fourth-order valence-corrected chi connectivity index (χ4v) is 1.01. The molecule has 0 unspecified atom stereocenters. The average Bonchev–Trinajstić information content (AvgIpc) is 2.30. The number of aromatic nitrogens is 2. The molecule has 0 saturated carbocycles. The second-order valence-corrected chi connectivity index (χ2v) is 3.20. The van der Waals surface area contributed by atoms with Crippen LogP contribution in [0, 0.1) is 5.82 Å². The van der Waals surface area contributed by atoms with Crippen LogP contribution in [0.5, 0.6) is 5.88 Å². The molecule has 0 aliphatic heterocycles. The third-order valence-corrected chi connectivity index (χ3v) is 1.81. The van der Waals surface area contributed by atoms with E-state index in [2.05, 4.69) is 21.9 Å². The Kier molecular flexibility index (Phi) is 5.25. The Bertz CT molecular complexity index is 344. The zero-order chi connectivity index (χ0) is 11.8. The number of halogens is 1.